The second-order valence-electron chi connectivity index (χ2n) is 5.74. The first-order chi connectivity index (χ1) is 11.3. The van der Waals surface area contributed by atoms with Gasteiger partial charge in [-0.3, -0.25) is 4.98 Å². The van der Waals surface area contributed by atoms with Gasteiger partial charge >= 0.3 is 0 Å². The van der Waals surface area contributed by atoms with Crippen LogP contribution in [-0.2, 0) is 0 Å². The van der Waals surface area contributed by atoms with Gasteiger partial charge in [0.05, 0.1) is 17.3 Å². The van der Waals surface area contributed by atoms with Crippen LogP contribution in [0, 0.1) is 18.3 Å². The Labute approximate surface area is 134 Å². The van der Waals surface area contributed by atoms with Gasteiger partial charge in [0.1, 0.15) is 0 Å². The highest BCUT2D eigenvalue weighted by Gasteiger charge is 2.08. The summed E-state index contributed by atoms with van der Waals surface area (Å²) in [6.07, 6.45) is 1.84. The van der Waals surface area contributed by atoms with Crippen LogP contribution >= 0.6 is 0 Å². The first-order valence-electron chi connectivity index (χ1n) is 7.55. The fourth-order valence-corrected chi connectivity index (χ4v) is 3.08. The van der Waals surface area contributed by atoms with E-state index < -0.39 is 0 Å². The van der Waals surface area contributed by atoms with Gasteiger partial charge < -0.3 is 0 Å². The summed E-state index contributed by atoms with van der Waals surface area (Å²) in [6, 6.07) is 22.6. The van der Waals surface area contributed by atoms with Gasteiger partial charge in [-0.25, -0.2) is 0 Å². The van der Waals surface area contributed by atoms with Crippen molar-refractivity contribution in [1.29, 1.82) is 5.26 Å². The van der Waals surface area contributed by atoms with Gasteiger partial charge in [-0.15, -0.1) is 0 Å². The smallest absolute Gasteiger partial charge is 0.0991 e. The predicted octanol–water partition coefficient (Wildman–Crippen LogP) is 5.24. The largest absolute Gasteiger partial charge is 0.256 e. The molecule has 0 N–H and O–H groups in total. The Morgan fingerprint density at radius 2 is 1.74 bits per heavy atom. The molecule has 4 rings (SSSR count). The maximum Gasteiger partial charge on any atom is 0.0991 e. The summed E-state index contributed by atoms with van der Waals surface area (Å²) in [5, 5.41) is 13.9. The van der Waals surface area contributed by atoms with E-state index in [0.29, 0.717) is 5.56 Å². The molecule has 1 aromatic heterocycles. The molecular formula is C21H14N2. The average Bonchev–Trinajstić information content (AvgIpc) is 2.60. The first-order valence-corrected chi connectivity index (χ1v) is 7.55. The van der Waals surface area contributed by atoms with Crippen molar-refractivity contribution in [2.75, 3.05) is 0 Å². The summed E-state index contributed by atoms with van der Waals surface area (Å²) < 4.78 is 0. The van der Waals surface area contributed by atoms with E-state index in [0.717, 1.165) is 16.6 Å². The zero-order chi connectivity index (χ0) is 15.8. The predicted molar refractivity (Wildman–Crippen MR) is 94.1 cm³/mol. The topological polar surface area (TPSA) is 36.7 Å². The number of nitrogens with zero attached hydrogens (tertiary/aromatic N) is 2. The van der Waals surface area contributed by atoms with Gasteiger partial charge in [0.15, 0.2) is 0 Å². The molecule has 23 heavy (non-hydrogen) atoms. The number of pyridine rings is 1. The molecule has 3 aromatic carbocycles. The van der Waals surface area contributed by atoms with Crippen LogP contribution in [-0.4, -0.2) is 4.98 Å². The molecule has 0 atom stereocenters. The van der Waals surface area contributed by atoms with Crippen LogP contribution in [0.15, 0.2) is 66.9 Å². The molecule has 1 heterocycles. The molecule has 0 saturated heterocycles. The molecular weight excluding hydrogens is 280 g/mol. The second kappa shape index (κ2) is 5.23. The maximum atomic E-state index is 9.12. The van der Waals surface area contributed by atoms with Crippen LogP contribution in [0.1, 0.15) is 11.1 Å². The quantitative estimate of drug-likeness (QED) is 0.450. The minimum atomic E-state index is 0.651. The fourth-order valence-electron chi connectivity index (χ4n) is 3.08. The van der Waals surface area contributed by atoms with Crippen molar-refractivity contribution in [3.63, 3.8) is 0 Å². The Hall–Kier alpha value is -3.18. The first kappa shape index (κ1) is 13.5. The van der Waals surface area contributed by atoms with Crippen molar-refractivity contribution in [1.82, 2.24) is 4.98 Å². The highest BCUT2D eigenvalue weighted by molar-refractivity contribution is 6.11. The van der Waals surface area contributed by atoms with E-state index in [9.17, 15) is 0 Å². The number of benzene rings is 3. The van der Waals surface area contributed by atoms with E-state index in [1.807, 2.05) is 30.5 Å². The second-order valence-corrected chi connectivity index (χ2v) is 5.74. The van der Waals surface area contributed by atoms with Crippen LogP contribution in [0.4, 0.5) is 0 Å². The van der Waals surface area contributed by atoms with Crippen LogP contribution in [0.5, 0.6) is 0 Å². The summed E-state index contributed by atoms with van der Waals surface area (Å²) in [4.78, 5) is 4.57. The maximum absolute atomic E-state index is 9.12. The third-order valence-corrected chi connectivity index (χ3v) is 4.18. The Morgan fingerprint density at radius 3 is 2.61 bits per heavy atom. The number of rotatable bonds is 1. The molecule has 4 aromatic rings. The van der Waals surface area contributed by atoms with E-state index in [1.165, 1.54) is 21.7 Å². The lowest BCUT2D eigenvalue weighted by molar-refractivity contribution is 1.35. The van der Waals surface area contributed by atoms with E-state index in [1.54, 1.807) is 0 Å². The highest BCUT2D eigenvalue weighted by Crippen LogP contribution is 2.32. The molecule has 0 aliphatic heterocycles. The van der Waals surface area contributed by atoms with Crippen molar-refractivity contribution >= 4 is 21.5 Å². The molecule has 2 nitrogen and oxygen atoms in total. The van der Waals surface area contributed by atoms with Crippen molar-refractivity contribution < 1.29 is 0 Å². The minimum absolute atomic E-state index is 0.651. The molecule has 0 fully saturated rings. The summed E-state index contributed by atoms with van der Waals surface area (Å²) in [5.41, 5.74) is 3.80. The molecule has 0 spiro atoms. The Balaban J connectivity index is 2.05. The minimum Gasteiger partial charge on any atom is -0.256 e. The number of nitriles is 1. The summed E-state index contributed by atoms with van der Waals surface area (Å²) in [5.74, 6) is 0. The van der Waals surface area contributed by atoms with Crippen molar-refractivity contribution in [2.45, 2.75) is 6.92 Å². The van der Waals surface area contributed by atoms with E-state index >= 15 is 0 Å². The van der Waals surface area contributed by atoms with Gasteiger partial charge in [-0.2, -0.15) is 5.26 Å². The Kier molecular flexibility index (Phi) is 3.06. The van der Waals surface area contributed by atoms with Crippen molar-refractivity contribution in [3.05, 3.63) is 78.0 Å². The lowest BCUT2D eigenvalue weighted by Crippen LogP contribution is -1.88. The Bertz CT molecular complexity index is 1090. The van der Waals surface area contributed by atoms with Gasteiger partial charge in [0.25, 0.3) is 0 Å². The third-order valence-electron chi connectivity index (χ3n) is 4.18. The van der Waals surface area contributed by atoms with Crippen molar-refractivity contribution in [2.24, 2.45) is 0 Å². The normalized spacial score (nSPS) is 10.8. The summed E-state index contributed by atoms with van der Waals surface area (Å²) in [7, 11) is 0. The average molecular weight is 294 g/mol. The highest BCUT2D eigenvalue weighted by atomic mass is 14.7. The zero-order valence-corrected chi connectivity index (χ0v) is 12.7. The lowest BCUT2D eigenvalue weighted by Gasteiger charge is -2.09. The SMILES string of the molecule is Cc1ccc2c(ccc3c(-c4cccc(C#N)c4)nccc32)c1. The van der Waals surface area contributed by atoms with Gasteiger partial charge in [-0.1, -0.05) is 48.0 Å². The van der Waals surface area contributed by atoms with Crippen molar-refractivity contribution in [3.8, 4) is 17.3 Å². The van der Waals surface area contributed by atoms with Crippen LogP contribution < -0.4 is 0 Å². The van der Waals surface area contributed by atoms with E-state index in [4.69, 9.17) is 5.26 Å². The fraction of sp³-hybridized carbons (Fsp3) is 0.0476. The monoisotopic (exact) mass is 294 g/mol. The van der Waals surface area contributed by atoms with Crippen LogP contribution in [0.2, 0.25) is 0 Å². The van der Waals surface area contributed by atoms with Crippen LogP contribution in [0.25, 0.3) is 32.8 Å². The van der Waals surface area contributed by atoms with Gasteiger partial charge in [0.2, 0.25) is 0 Å². The van der Waals surface area contributed by atoms with Gasteiger partial charge in [-0.05, 0) is 41.3 Å². The number of hydrogen-bond donors (Lipinski definition) is 0. The molecule has 108 valence electrons. The summed E-state index contributed by atoms with van der Waals surface area (Å²) in [6.45, 7) is 2.11. The molecule has 0 aliphatic carbocycles. The third kappa shape index (κ3) is 2.23. The Morgan fingerprint density at radius 1 is 0.870 bits per heavy atom. The molecule has 0 unspecified atom stereocenters. The molecule has 0 bridgehead atoms. The molecule has 0 saturated carbocycles. The molecule has 0 amide bonds. The molecule has 0 radical (unpaired) electrons. The number of aryl methyl sites for hydroxylation is 1. The number of fused-ring (bicyclic) bond motifs is 3. The molecule has 0 aliphatic rings. The number of hydrogen-bond acceptors (Lipinski definition) is 2. The zero-order valence-electron chi connectivity index (χ0n) is 12.7. The molecule has 2 heteroatoms. The van der Waals surface area contributed by atoms with E-state index in [2.05, 4.69) is 54.4 Å². The van der Waals surface area contributed by atoms with E-state index in [-0.39, 0.29) is 0 Å². The number of aromatic nitrogens is 1. The summed E-state index contributed by atoms with van der Waals surface area (Å²) >= 11 is 0. The van der Waals surface area contributed by atoms with Gasteiger partial charge in [0, 0.05) is 17.1 Å². The lowest BCUT2D eigenvalue weighted by atomic mass is 9.97. The standard InChI is InChI=1S/C21H14N2/c1-14-5-7-18-16(11-14)6-8-20-19(18)9-10-23-21(20)17-4-2-3-15(12-17)13-22/h2-12H,1H3. The van der Waals surface area contributed by atoms with Crippen LogP contribution in [0.3, 0.4) is 0 Å².